The molecule has 0 bridgehead atoms. The van der Waals surface area contributed by atoms with Crippen LogP contribution in [0.25, 0.3) is 0 Å². The lowest BCUT2D eigenvalue weighted by Gasteiger charge is -2.43. The predicted octanol–water partition coefficient (Wildman–Crippen LogP) is 4.02. The number of Topliss-reactive ketones (excluding diaryl/α,β-unsaturated/α-hetero) is 1. The number of ketones is 1. The van der Waals surface area contributed by atoms with Crippen LogP contribution in [-0.4, -0.2) is 10.8 Å². The SMILES string of the molecule is CC1(C)CC(=O)C2=C(C1)N(c1ccccc1)C(N)=C(C#N)[C@H]2c1cccnc1. The zero-order valence-electron chi connectivity index (χ0n) is 16.0. The lowest BCUT2D eigenvalue weighted by atomic mass is 9.68. The fraction of sp³-hybridized carbons (Fsp3) is 0.261. The molecule has 28 heavy (non-hydrogen) atoms. The summed E-state index contributed by atoms with van der Waals surface area (Å²) in [6, 6.07) is 15.7. The van der Waals surface area contributed by atoms with Crippen molar-refractivity contribution in [3.05, 3.63) is 83.1 Å². The maximum Gasteiger partial charge on any atom is 0.162 e. The Morgan fingerprint density at radius 3 is 2.57 bits per heavy atom. The van der Waals surface area contributed by atoms with Crippen LogP contribution in [0.4, 0.5) is 5.69 Å². The molecule has 0 saturated carbocycles. The molecule has 2 aromatic rings. The van der Waals surface area contributed by atoms with E-state index in [9.17, 15) is 10.1 Å². The Bertz CT molecular complexity index is 1030. The number of carbonyl (C=O) groups is 1. The predicted molar refractivity (Wildman–Crippen MR) is 108 cm³/mol. The summed E-state index contributed by atoms with van der Waals surface area (Å²) in [5, 5.41) is 9.97. The number of carbonyl (C=O) groups excluding carboxylic acids is 1. The summed E-state index contributed by atoms with van der Waals surface area (Å²) in [4.78, 5) is 19.4. The van der Waals surface area contributed by atoms with Gasteiger partial charge in [0.1, 0.15) is 5.82 Å². The molecule has 2 aliphatic rings. The molecule has 0 unspecified atom stereocenters. The molecule has 2 heterocycles. The van der Waals surface area contributed by atoms with Crippen molar-refractivity contribution in [1.29, 1.82) is 5.26 Å². The van der Waals surface area contributed by atoms with E-state index >= 15 is 0 Å². The van der Waals surface area contributed by atoms with Gasteiger partial charge in [0.15, 0.2) is 5.78 Å². The lowest BCUT2D eigenvalue weighted by Crippen LogP contribution is -2.42. The summed E-state index contributed by atoms with van der Waals surface area (Å²) in [7, 11) is 0. The third kappa shape index (κ3) is 2.87. The molecule has 0 fully saturated rings. The Morgan fingerprint density at radius 2 is 1.93 bits per heavy atom. The largest absolute Gasteiger partial charge is 0.384 e. The average molecular weight is 370 g/mol. The molecule has 5 nitrogen and oxygen atoms in total. The molecule has 2 N–H and O–H groups in total. The van der Waals surface area contributed by atoms with Crippen molar-refractivity contribution in [2.45, 2.75) is 32.6 Å². The Labute approximate surface area is 164 Å². The van der Waals surface area contributed by atoms with Gasteiger partial charge in [0.2, 0.25) is 0 Å². The third-order valence-corrected chi connectivity index (χ3v) is 5.41. The minimum atomic E-state index is -0.475. The minimum Gasteiger partial charge on any atom is -0.384 e. The van der Waals surface area contributed by atoms with E-state index in [1.54, 1.807) is 12.4 Å². The normalized spacial score (nSPS) is 21.4. The highest BCUT2D eigenvalue weighted by Crippen LogP contribution is 2.49. The Kier molecular flexibility index (Phi) is 4.27. The highest BCUT2D eigenvalue weighted by atomic mass is 16.1. The highest BCUT2D eigenvalue weighted by Gasteiger charge is 2.44. The van der Waals surface area contributed by atoms with Crippen molar-refractivity contribution < 1.29 is 4.79 Å². The molecule has 0 spiro atoms. The standard InChI is InChI=1S/C23H22N4O/c1-23(2)11-18-21(19(28)12-23)20(15-7-6-10-26-14-15)17(13-24)22(25)27(18)16-8-4-3-5-9-16/h3-10,14,20H,11-12,25H2,1-2H3/t20-/m1/s1. The van der Waals surface area contributed by atoms with Gasteiger partial charge in [-0.15, -0.1) is 0 Å². The first-order chi connectivity index (χ1) is 13.4. The summed E-state index contributed by atoms with van der Waals surface area (Å²) in [6.45, 7) is 4.19. The van der Waals surface area contributed by atoms with E-state index in [-0.39, 0.29) is 11.2 Å². The van der Waals surface area contributed by atoms with Crippen molar-refractivity contribution in [3.8, 4) is 6.07 Å². The van der Waals surface area contributed by atoms with Crippen LogP contribution >= 0.6 is 0 Å². The second-order valence-electron chi connectivity index (χ2n) is 8.10. The first-order valence-electron chi connectivity index (χ1n) is 9.34. The molecule has 1 atom stereocenters. The summed E-state index contributed by atoms with van der Waals surface area (Å²) in [6.07, 6.45) is 4.55. The Hall–Kier alpha value is -3.39. The van der Waals surface area contributed by atoms with Gasteiger partial charge in [0.25, 0.3) is 0 Å². The van der Waals surface area contributed by atoms with Crippen LogP contribution in [0.2, 0.25) is 0 Å². The number of rotatable bonds is 2. The lowest BCUT2D eigenvalue weighted by molar-refractivity contribution is -0.118. The summed E-state index contributed by atoms with van der Waals surface area (Å²) >= 11 is 0. The van der Waals surface area contributed by atoms with Crippen molar-refractivity contribution in [1.82, 2.24) is 4.98 Å². The van der Waals surface area contributed by atoms with E-state index in [1.807, 2.05) is 47.4 Å². The fourth-order valence-electron chi connectivity index (χ4n) is 4.26. The van der Waals surface area contributed by atoms with E-state index in [0.717, 1.165) is 16.9 Å². The monoisotopic (exact) mass is 370 g/mol. The topological polar surface area (TPSA) is 83.0 Å². The molecule has 0 amide bonds. The van der Waals surface area contributed by atoms with Crippen LogP contribution < -0.4 is 10.6 Å². The second-order valence-corrected chi connectivity index (χ2v) is 8.10. The van der Waals surface area contributed by atoms with Gasteiger partial charge in [-0.05, 0) is 35.6 Å². The number of hydrogen-bond acceptors (Lipinski definition) is 5. The molecule has 1 aromatic carbocycles. The molecular formula is C23H22N4O. The first-order valence-corrected chi connectivity index (χ1v) is 9.34. The van der Waals surface area contributed by atoms with Crippen LogP contribution in [0.3, 0.4) is 0 Å². The number of hydrogen-bond donors (Lipinski definition) is 1. The van der Waals surface area contributed by atoms with E-state index in [1.165, 1.54) is 0 Å². The van der Waals surface area contributed by atoms with Crippen molar-refractivity contribution in [3.63, 3.8) is 0 Å². The smallest absolute Gasteiger partial charge is 0.162 e. The molecule has 1 aliphatic heterocycles. The van der Waals surface area contributed by atoms with Crippen LogP contribution in [0.15, 0.2) is 77.5 Å². The second kappa shape index (κ2) is 6.65. The zero-order chi connectivity index (χ0) is 19.9. The number of allylic oxidation sites excluding steroid dienone is 3. The fourth-order valence-corrected chi connectivity index (χ4v) is 4.26. The molecular weight excluding hydrogens is 348 g/mol. The maximum atomic E-state index is 13.3. The van der Waals surface area contributed by atoms with Gasteiger partial charge in [-0.1, -0.05) is 38.1 Å². The summed E-state index contributed by atoms with van der Waals surface area (Å²) < 4.78 is 0. The number of nitrogens with zero attached hydrogens (tertiary/aromatic N) is 3. The maximum absolute atomic E-state index is 13.3. The number of nitriles is 1. The number of para-hydroxylation sites is 1. The third-order valence-electron chi connectivity index (χ3n) is 5.41. The van der Waals surface area contributed by atoms with Crippen LogP contribution in [0.1, 0.15) is 38.2 Å². The highest BCUT2D eigenvalue weighted by molar-refractivity contribution is 6.01. The average Bonchev–Trinajstić information content (AvgIpc) is 2.67. The van der Waals surface area contributed by atoms with E-state index in [0.29, 0.717) is 29.8 Å². The number of pyridine rings is 1. The molecule has 0 saturated heterocycles. The first kappa shape index (κ1) is 18.0. The van der Waals surface area contributed by atoms with Gasteiger partial charge in [0.05, 0.1) is 17.6 Å². The minimum absolute atomic E-state index is 0.0706. The zero-order valence-corrected chi connectivity index (χ0v) is 16.0. The molecule has 4 rings (SSSR count). The number of nitrogens with two attached hydrogens (primary N) is 1. The van der Waals surface area contributed by atoms with Gasteiger partial charge in [-0.3, -0.25) is 14.7 Å². The summed E-state index contributed by atoms with van der Waals surface area (Å²) in [5.74, 6) is -0.0228. The van der Waals surface area contributed by atoms with E-state index in [4.69, 9.17) is 5.73 Å². The van der Waals surface area contributed by atoms with Crippen LogP contribution in [0, 0.1) is 16.7 Å². The van der Waals surface area contributed by atoms with Crippen LogP contribution in [-0.2, 0) is 4.79 Å². The molecule has 140 valence electrons. The van der Waals surface area contributed by atoms with Crippen molar-refractivity contribution in [2.75, 3.05) is 4.90 Å². The van der Waals surface area contributed by atoms with Crippen molar-refractivity contribution >= 4 is 11.5 Å². The Morgan fingerprint density at radius 1 is 1.18 bits per heavy atom. The molecule has 5 heteroatoms. The van der Waals surface area contributed by atoms with Gasteiger partial charge in [0, 0.05) is 35.8 Å². The van der Waals surface area contributed by atoms with E-state index < -0.39 is 5.92 Å². The van der Waals surface area contributed by atoms with Gasteiger partial charge in [-0.2, -0.15) is 5.26 Å². The van der Waals surface area contributed by atoms with Gasteiger partial charge >= 0.3 is 0 Å². The number of aromatic nitrogens is 1. The molecule has 0 radical (unpaired) electrons. The number of anilines is 1. The quantitative estimate of drug-likeness (QED) is 0.863. The van der Waals surface area contributed by atoms with E-state index in [2.05, 4.69) is 24.9 Å². The summed E-state index contributed by atoms with van der Waals surface area (Å²) in [5.41, 5.74) is 10.00. The van der Waals surface area contributed by atoms with Gasteiger partial charge < -0.3 is 5.73 Å². The van der Waals surface area contributed by atoms with Crippen LogP contribution in [0.5, 0.6) is 0 Å². The Balaban J connectivity index is 2.00. The number of benzene rings is 1. The molecule has 1 aromatic heterocycles. The molecule has 1 aliphatic carbocycles. The van der Waals surface area contributed by atoms with Gasteiger partial charge in [-0.25, -0.2) is 0 Å². The van der Waals surface area contributed by atoms with Crippen molar-refractivity contribution in [2.24, 2.45) is 11.1 Å².